The first-order valence-electron chi connectivity index (χ1n) is 15.8. The Morgan fingerprint density at radius 3 is 1.36 bits per heavy atom. The van der Waals surface area contributed by atoms with E-state index in [2.05, 4.69) is 34.6 Å². The molecule has 0 heterocycles. The minimum atomic E-state index is -0.178. The van der Waals surface area contributed by atoms with Crippen molar-refractivity contribution < 1.29 is 28.7 Å². The number of methoxy groups -OCH3 is 2. The molecular weight excluding hydrogens is 588 g/mol. The molecule has 6 nitrogen and oxygen atoms in total. The van der Waals surface area contributed by atoms with Gasteiger partial charge in [-0.3, -0.25) is 19.2 Å². The van der Waals surface area contributed by atoms with Crippen LogP contribution in [0.1, 0.15) is 117 Å². The first-order chi connectivity index (χ1) is 22.1. The van der Waals surface area contributed by atoms with Crippen molar-refractivity contribution in [3.63, 3.8) is 0 Å². The summed E-state index contributed by atoms with van der Waals surface area (Å²) in [6, 6.07) is 25.4. The van der Waals surface area contributed by atoms with Gasteiger partial charge in [0.15, 0.2) is 23.1 Å². The first-order valence-corrected chi connectivity index (χ1v) is 15.8. The summed E-state index contributed by atoms with van der Waals surface area (Å²) in [6.45, 7) is 14.3. The number of Topliss-reactive ketones (excluding diaryl/α,β-unsaturated/α-hetero) is 4. The molecule has 0 bridgehead atoms. The van der Waals surface area contributed by atoms with Gasteiger partial charge in [0.1, 0.15) is 11.5 Å². The number of ether oxygens (including phenoxy) is 2. The third kappa shape index (κ3) is 10.1. The fourth-order valence-corrected chi connectivity index (χ4v) is 4.93. The van der Waals surface area contributed by atoms with Crippen LogP contribution in [0.15, 0.2) is 84.9 Å². The van der Waals surface area contributed by atoms with Crippen LogP contribution < -0.4 is 9.47 Å². The van der Waals surface area contributed by atoms with Crippen LogP contribution in [0.5, 0.6) is 11.5 Å². The number of aryl methyl sites for hydroxylation is 2. The van der Waals surface area contributed by atoms with E-state index in [1.807, 2.05) is 50.2 Å². The minimum absolute atomic E-state index is 0.0390. The van der Waals surface area contributed by atoms with Gasteiger partial charge in [-0.25, -0.2) is 0 Å². The van der Waals surface area contributed by atoms with Crippen LogP contribution in [0, 0.1) is 13.8 Å². The molecule has 0 aliphatic heterocycles. The lowest BCUT2D eigenvalue weighted by Crippen LogP contribution is -2.15. The number of hydrogen-bond acceptors (Lipinski definition) is 6. The predicted octanol–water partition coefficient (Wildman–Crippen LogP) is 9.34. The van der Waals surface area contributed by atoms with Gasteiger partial charge in [0, 0.05) is 22.3 Å². The van der Waals surface area contributed by atoms with Gasteiger partial charge >= 0.3 is 0 Å². The van der Waals surface area contributed by atoms with E-state index in [0.717, 1.165) is 22.3 Å². The van der Waals surface area contributed by atoms with E-state index < -0.39 is 0 Å². The molecule has 47 heavy (non-hydrogen) atoms. The van der Waals surface area contributed by atoms with Crippen LogP contribution in [0.4, 0.5) is 0 Å². The van der Waals surface area contributed by atoms with E-state index >= 15 is 0 Å². The Labute approximate surface area is 279 Å². The number of carbonyl (C=O) groups excluding carboxylic acids is 4. The normalized spacial score (nSPS) is 10.9. The van der Waals surface area contributed by atoms with Gasteiger partial charge < -0.3 is 9.47 Å². The average molecular weight is 635 g/mol. The fourth-order valence-electron chi connectivity index (χ4n) is 4.93. The van der Waals surface area contributed by atoms with Crippen molar-refractivity contribution in [2.75, 3.05) is 14.2 Å². The summed E-state index contributed by atoms with van der Waals surface area (Å²) in [6.07, 6.45) is -0.241. The minimum Gasteiger partial charge on any atom is -0.497 e. The molecule has 0 atom stereocenters. The van der Waals surface area contributed by atoms with Gasteiger partial charge in [0.2, 0.25) is 0 Å². The van der Waals surface area contributed by atoms with Crippen LogP contribution in [0.25, 0.3) is 0 Å². The van der Waals surface area contributed by atoms with Gasteiger partial charge in [-0.15, -0.1) is 0 Å². The molecule has 0 amide bonds. The van der Waals surface area contributed by atoms with E-state index in [9.17, 15) is 19.2 Å². The molecule has 0 aliphatic carbocycles. The van der Waals surface area contributed by atoms with Gasteiger partial charge in [-0.1, -0.05) is 58.9 Å². The summed E-state index contributed by atoms with van der Waals surface area (Å²) in [5.74, 6) is 1.10. The maximum Gasteiger partial charge on any atom is 0.170 e. The number of benzene rings is 4. The lowest BCUT2D eigenvalue weighted by atomic mass is 9.84. The van der Waals surface area contributed by atoms with Crippen molar-refractivity contribution >= 4 is 23.1 Å². The Hall–Kier alpha value is -4.84. The second-order valence-corrected chi connectivity index (χ2v) is 13.0. The maximum atomic E-state index is 12.6. The van der Waals surface area contributed by atoms with Crippen molar-refractivity contribution in [1.82, 2.24) is 0 Å². The monoisotopic (exact) mass is 634 g/mol. The molecule has 0 radical (unpaired) electrons. The zero-order chi connectivity index (χ0) is 34.9. The summed E-state index contributed by atoms with van der Waals surface area (Å²) < 4.78 is 10.2. The number of ketones is 4. The zero-order valence-electron chi connectivity index (χ0n) is 29.0. The average Bonchev–Trinajstić information content (AvgIpc) is 3.04. The number of carbonyl (C=O) groups is 4. The molecular formula is C41H46O6. The standard InChI is InChI=1S/C21H24O3.C20H22O3/c1-14-6-9-16(21(2,3)4)12-18(14)20(23)13-19(22)15-7-10-17(24-5)11-8-15;1-13(2)16-6-5-14(3)18(11-16)20(22)12-19(21)15-7-9-17(23-4)10-8-15/h6-12H,13H2,1-5H3;5-11,13H,12H2,1-4H3. The Morgan fingerprint density at radius 2 is 0.979 bits per heavy atom. The summed E-state index contributed by atoms with van der Waals surface area (Å²) in [4.78, 5) is 49.8. The Balaban J connectivity index is 0.000000256. The van der Waals surface area contributed by atoms with Crippen molar-refractivity contribution in [3.05, 3.63) is 129 Å². The van der Waals surface area contributed by atoms with E-state index in [1.165, 1.54) is 0 Å². The number of rotatable bonds is 11. The number of hydrogen-bond donors (Lipinski definition) is 0. The maximum absolute atomic E-state index is 12.6. The molecule has 4 rings (SSSR count). The van der Waals surface area contributed by atoms with E-state index in [0.29, 0.717) is 39.7 Å². The molecule has 0 saturated heterocycles. The lowest BCUT2D eigenvalue weighted by Gasteiger charge is -2.20. The molecule has 0 N–H and O–H groups in total. The van der Waals surface area contributed by atoms with Crippen LogP contribution in [0.3, 0.4) is 0 Å². The molecule has 246 valence electrons. The third-order valence-electron chi connectivity index (χ3n) is 8.10. The SMILES string of the molecule is COc1ccc(C(=O)CC(=O)c2cc(C(C)(C)C)ccc2C)cc1.COc1ccc(C(=O)CC(=O)c2cc(C(C)C)ccc2C)cc1. The Morgan fingerprint density at radius 1 is 0.574 bits per heavy atom. The fraction of sp³-hybridized carbons (Fsp3) is 0.317. The van der Waals surface area contributed by atoms with Gasteiger partial charge in [-0.2, -0.15) is 0 Å². The summed E-state index contributed by atoms with van der Waals surface area (Å²) in [5, 5.41) is 0. The Kier molecular flexibility index (Phi) is 12.6. The molecule has 4 aromatic rings. The van der Waals surface area contributed by atoms with Crippen molar-refractivity contribution in [3.8, 4) is 11.5 Å². The molecule has 0 spiro atoms. The van der Waals surface area contributed by atoms with E-state index in [1.54, 1.807) is 62.8 Å². The van der Waals surface area contributed by atoms with Crippen molar-refractivity contribution in [2.45, 2.75) is 72.6 Å². The van der Waals surface area contributed by atoms with Crippen LogP contribution >= 0.6 is 0 Å². The lowest BCUT2D eigenvalue weighted by molar-refractivity contribution is 0.0877. The molecule has 0 saturated carbocycles. The largest absolute Gasteiger partial charge is 0.497 e. The van der Waals surface area contributed by atoms with Crippen molar-refractivity contribution in [2.24, 2.45) is 0 Å². The van der Waals surface area contributed by atoms with E-state index in [4.69, 9.17) is 9.47 Å². The van der Waals surface area contributed by atoms with E-state index in [-0.39, 0.29) is 41.4 Å². The molecule has 0 aromatic heterocycles. The first kappa shape index (κ1) is 36.6. The highest BCUT2D eigenvalue weighted by Crippen LogP contribution is 2.26. The summed E-state index contributed by atoms with van der Waals surface area (Å²) in [7, 11) is 3.15. The van der Waals surface area contributed by atoms with Gasteiger partial charge in [-0.05, 0) is 108 Å². The molecule has 0 aliphatic rings. The predicted molar refractivity (Wildman–Crippen MR) is 188 cm³/mol. The molecule has 0 fully saturated rings. The van der Waals surface area contributed by atoms with Crippen LogP contribution in [-0.4, -0.2) is 37.4 Å². The van der Waals surface area contributed by atoms with Crippen LogP contribution in [-0.2, 0) is 5.41 Å². The molecule has 6 heteroatoms. The zero-order valence-corrected chi connectivity index (χ0v) is 29.0. The van der Waals surface area contributed by atoms with Crippen molar-refractivity contribution in [1.29, 1.82) is 0 Å². The van der Waals surface area contributed by atoms with Gasteiger partial charge in [0.05, 0.1) is 27.1 Å². The smallest absolute Gasteiger partial charge is 0.170 e. The third-order valence-corrected chi connectivity index (χ3v) is 8.10. The quantitative estimate of drug-likeness (QED) is 0.121. The summed E-state index contributed by atoms with van der Waals surface area (Å²) >= 11 is 0. The highest BCUT2D eigenvalue weighted by molar-refractivity contribution is 6.14. The highest BCUT2D eigenvalue weighted by Gasteiger charge is 2.20. The topological polar surface area (TPSA) is 86.7 Å². The second-order valence-electron chi connectivity index (χ2n) is 13.0. The molecule has 0 unspecified atom stereocenters. The molecule has 4 aromatic carbocycles. The Bertz CT molecular complexity index is 1720. The van der Waals surface area contributed by atoms with Crippen LogP contribution in [0.2, 0.25) is 0 Å². The van der Waals surface area contributed by atoms with Gasteiger partial charge in [0.25, 0.3) is 0 Å². The summed E-state index contributed by atoms with van der Waals surface area (Å²) in [5.41, 5.74) is 6.28. The highest BCUT2D eigenvalue weighted by atomic mass is 16.5. The second kappa shape index (κ2) is 16.1.